The third kappa shape index (κ3) is 3.76. The van der Waals surface area contributed by atoms with Crippen molar-refractivity contribution < 1.29 is 14.0 Å². The lowest BCUT2D eigenvalue weighted by Gasteiger charge is -2.35. The van der Waals surface area contributed by atoms with E-state index in [4.69, 9.17) is 4.42 Å². The minimum absolute atomic E-state index is 0.0516. The Balaban J connectivity index is 1.52. The van der Waals surface area contributed by atoms with Crippen LogP contribution in [0.25, 0.3) is 0 Å². The first-order valence-corrected chi connectivity index (χ1v) is 8.59. The van der Waals surface area contributed by atoms with Crippen molar-refractivity contribution in [3.05, 3.63) is 42.5 Å². The molecule has 0 aliphatic carbocycles. The fourth-order valence-corrected chi connectivity index (χ4v) is 3.39. The van der Waals surface area contributed by atoms with Gasteiger partial charge in [0.25, 0.3) is 5.91 Å². The van der Waals surface area contributed by atoms with Gasteiger partial charge in [-0.2, -0.15) is 5.10 Å². The van der Waals surface area contributed by atoms with Gasteiger partial charge in [0.15, 0.2) is 5.76 Å². The van der Waals surface area contributed by atoms with Crippen molar-refractivity contribution in [1.29, 1.82) is 0 Å². The van der Waals surface area contributed by atoms with Crippen molar-refractivity contribution in [3.63, 3.8) is 0 Å². The molecule has 3 rings (SSSR count). The van der Waals surface area contributed by atoms with Crippen LogP contribution in [0.3, 0.4) is 0 Å². The highest BCUT2D eigenvalue weighted by Gasteiger charge is 2.28. The number of furan rings is 1. The van der Waals surface area contributed by atoms with Gasteiger partial charge >= 0.3 is 0 Å². The Morgan fingerprint density at radius 2 is 1.92 bits per heavy atom. The molecule has 0 radical (unpaired) electrons. The molecule has 2 amide bonds. The fraction of sp³-hybridized carbons (Fsp3) is 0.375. The molecule has 0 N–H and O–H groups in total. The predicted molar refractivity (Wildman–Crippen MR) is 88.5 cm³/mol. The SMILES string of the molecule is CC(Sc1cccnn1)C(=O)N1CCN(C(=O)c2ccco2)CC1. The minimum atomic E-state index is -0.242. The lowest BCUT2D eigenvalue weighted by molar-refractivity contribution is -0.131. The molecule has 7 nitrogen and oxygen atoms in total. The number of rotatable bonds is 4. The van der Waals surface area contributed by atoms with Gasteiger partial charge < -0.3 is 14.2 Å². The van der Waals surface area contributed by atoms with E-state index in [-0.39, 0.29) is 17.1 Å². The summed E-state index contributed by atoms with van der Waals surface area (Å²) in [5.74, 6) is 0.256. The van der Waals surface area contributed by atoms with Crippen molar-refractivity contribution in [1.82, 2.24) is 20.0 Å². The normalized spacial score (nSPS) is 16.0. The number of thioether (sulfide) groups is 1. The largest absolute Gasteiger partial charge is 0.459 e. The van der Waals surface area contributed by atoms with Crippen molar-refractivity contribution in [2.24, 2.45) is 0 Å². The second-order valence-electron chi connectivity index (χ2n) is 5.42. The molecule has 0 bridgehead atoms. The summed E-state index contributed by atoms with van der Waals surface area (Å²) < 4.78 is 5.14. The van der Waals surface area contributed by atoms with Gasteiger partial charge in [0.2, 0.25) is 5.91 Å². The molecule has 2 aromatic heterocycles. The van der Waals surface area contributed by atoms with Gasteiger partial charge in [-0.15, -0.1) is 5.10 Å². The number of hydrogen-bond acceptors (Lipinski definition) is 6. The van der Waals surface area contributed by atoms with E-state index < -0.39 is 0 Å². The molecule has 0 spiro atoms. The van der Waals surface area contributed by atoms with Crippen LogP contribution in [0.5, 0.6) is 0 Å². The average molecular weight is 346 g/mol. The van der Waals surface area contributed by atoms with E-state index in [0.29, 0.717) is 31.9 Å². The lowest BCUT2D eigenvalue weighted by atomic mass is 10.2. The fourth-order valence-electron chi connectivity index (χ4n) is 2.52. The maximum Gasteiger partial charge on any atom is 0.289 e. The highest BCUT2D eigenvalue weighted by atomic mass is 32.2. The van der Waals surface area contributed by atoms with Crippen LogP contribution < -0.4 is 0 Å². The maximum atomic E-state index is 12.5. The smallest absolute Gasteiger partial charge is 0.289 e. The Morgan fingerprint density at radius 3 is 2.54 bits per heavy atom. The van der Waals surface area contributed by atoms with Crippen LogP contribution in [0.15, 0.2) is 46.2 Å². The number of amides is 2. The van der Waals surface area contributed by atoms with Crippen LogP contribution in [0, 0.1) is 0 Å². The second kappa shape index (κ2) is 7.48. The van der Waals surface area contributed by atoms with E-state index in [1.165, 1.54) is 18.0 Å². The van der Waals surface area contributed by atoms with Crippen LogP contribution in [0.2, 0.25) is 0 Å². The molecule has 8 heteroatoms. The molecule has 1 aliphatic heterocycles. The van der Waals surface area contributed by atoms with Crippen LogP contribution in [0.1, 0.15) is 17.5 Å². The maximum absolute atomic E-state index is 12.5. The standard InChI is InChI=1S/C16H18N4O3S/c1-12(24-14-5-2-6-17-18-14)15(21)19-7-9-20(10-8-19)16(22)13-4-3-11-23-13/h2-6,11-12H,7-10H2,1H3. The van der Waals surface area contributed by atoms with Crippen LogP contribution in [0.4, 0.5) is 0 Å². The Kier molecular flexibility index (Phi) is 5.14. The molecular weight excluding hydrogens is 328 g/mol. The highest BCUT2D eigenvalue weighted by Crippen LogP contribution is 2.22. The highest BCUT2D eigenvalue weighted by molar-refractivity contribution is 8.00. The predicted octanol–water partition coefficient (Wildman–Crippen LogP) is 1.53. The van der Waals surface area contributed by atoms with Gasteiger partial charge in [-0.1, -0.05) is 11.8 Å². The van der Waals surface area contributed by atoms with E-state index in [9.17, 15) is 9.59 Å². The quantitative estimate of drug-likeness (QED) is 0.781. The monoisotopic (exact) mass is 346 g/mol. The molecule has 1 unspecified atom stereocenters. The third-order valence-corrected chi connectivity index (χ3v) is 4.82. The summed E-state index contributed by atoms with van der Waals surface area (Å²) in [6.45, 7) is 3.93. The van der Waals surface area contributed by atoms with Crippen molar-refractivity contribution >= 4 is 23.6 Å². The second-order valence-corrected chi connectivity index (χ2v) is 6.78. The molecule has 24 heavy (non-hydrogen) atoms. The molecule has 2 aromatic rings. The van der Waals surface area contributed by atoms with E-state index >= 15 is 0 Å². The number of aromatic nitrogens is 2. The summed E-state index contributed by atoms with van der Waals surface area (Å²) in [7, 11) is 0. The molecular formula is C16H18N4O3S. The zero-order chi connectivity index (χ0) is 16.9. The summed E-state index contributed by atoms with van der Waals surface area (Å²) >= 11 is 1.39. The van der Waals surface area contributed by atoms with Gasteiger partial charge in [0.05, 0.1) is 11.5 Å². The zero-order valence-corrected chi connectivity index (χ0v) is 14.1. The van der Waals surface area contributed by atoms with Crippen LogP contribution >= 0.6 is 11.8 Å². The zero-order valence-electron chi connectivity index (χ0n) is 13.3. The summed E-state index contributed by atoms with van der Waals surface area (Å²) in [4.78, 5) is 28.3. The lowest BCUT2D eigenvalue weighted by Crippen LogP contribution is -2.52. The number of carbonyl (C=O) groups excluding carboxylic acids is 2. The molecule has 1 aliphatic rings. The van der Waals surface area contributed by atoms with Crippen molar-refractivity contribution in [3.8, 4) is 0 Å². The van der Waals surface area contributed by atoms with Gasteiger partial charge in [-0.25, -0.2) is 0 Å². The molecule has 0 aromatic carbocycles. The Morgan fingerprint density at radius 1 is 1.17 bits per heavy atom. The molecule has 1 fully saturated rings. The number of nitrogens with zero attached hydrogens (tertiary/aromatic N) is 4. The summed E-state index contributed by atoms with van der Waals surface area (Å²) in [5.41, 5.74) is 0. The molecule has 3 heterocycles. The van der Waals surface area contributed by atoms with Crippen LogP contribution in [-0.4, -0.2) is 63.2 Å². The minimum Gasteiger partial charge on any atom is -0.459 e. The summed E-state index contributed by atoms with van der Waals surface area (Å²) in [6, 6.07) is 6.98. The van der Waals surface area contributed by atoms with Gasteiger partial charge in [-0.3, -0.25) is 9.59 Å². The summed E-state index contributed by atoms with van der Waals surface area (Å²) in [5, 5.41) is 8.29. The number of carbonyl (C=O) groups is 2. The molecule has 1 atom stereocenters. The third-order valence-electron chi connectivity index (χ3n) is 3.80. The topological polar surface area (TPSA) is 79.5 Å². The van der Waals surface area contributed by atoms with E-state index in [2.05, 4.69) is 10.2 Å². The Labute approximate surface area is 144 Å². The van der Waals surface area contributed by atoms with E-state index in [1.807, 2.05) is 13.0 Å². The van der Waals surface area contributed by atoms with Gasteiger partial charge in [0.1, 0.15) is 5.03 Å². The first-order valence-electron chi connectivity index (χ1n) is 7.71. The average Bonchev–Trinajstić information content (AvgIpc) is 3.16. The van der Waals surface area contributed by atoms with Crippen molar-refractivity contribution in [2.75, 3.05) is 26.2 Å². The molecule has 1 saturated heterocycles. The first-order chi connectivity index (χ1) is 11.6. The number of hydrogen-bond donors (Lipinski definition) is 0. The van der Waals surface area contributed by atoms with Crippen molar-refractivity contribution in [2.45, 2.75) is 17.2 Å². The number of piperazine rings is 1. The Bertz CT molecular complexity index is 685. The van der Waals surface area contributed by atoms with Crippen LogP contribution in [-0.2, 0) is 4.79 Å². The van der Waals surface area contributed by atoms with Gasteiger partial charge in [0, 0.05) is 32.4 Å². The van der Waals surface area contributed by atoms with Gasteiger partial charge in [-0.05, 0) is 31.2 Å². The molecule has 126 valence electrons. The Hall–Kier alpha value is -2.35. The molecule has 0 saturated carbocycles. The van der Waals surface area contributed by atoms with E-state index in [0.717, 1.165) is 5.03 Å². The summed E-state index contributed by atoms with van der Waals surface area (Å²) in [6.07, 6.45) is 3.09. The first kappa shape index (κ1) is 16.5. The van der Waals surface area contributed by atoms with E-state index in [1.54, 1.807) is 34.2 Å².